The van der Waals surface area contributed by atoms with Gasteiger partial charge in [-0.2, -0.15) is 5.26 Å². The molecular weight excluding hydrogens is 240 g/mol. The van der Waals surface area contributed by atoms with E-state index in [-0.39, 0.29) is 0 Å². The second-order valence-electron chi connectivity index (χ2n) is 4.00. The third kappa shape index (κ3) is 2.85. The van der Waals surface area contributed by atoms with Gasteiger partial charge in [0.2, 0.25) is 0 Å². The fourth-order valence-electron chi connectivity index (χ4n) is 1.71. The van der Waals surface area contributed by atoms with Crippen LogP contribution in [0.1, 0.15) is 11.1 Å². The minimum absolute atomic E-state index is 0.721. The van der Waals surface area contributed by atoms with E-state index in [1.54, 1.807) is 11.8 Å². The molecule has 0 aliphatic heterocycles. The molecule has 90 valence electrons. The van der Waals surface area contributed by atoms with Crippen LogP contribution in [-0.4, -0.2) is 6.26 Å². The van der Waals surface area contributed by atoms with Crippen LogP contribution in [0.5, 0.6) is 0 Å². The van der Waals surface area contributed by atoms with E-state index >= 15 is 0 Å². The lowest BCUT2D eigenvalue weighted by Gasteiger charge is -2.08. The molecule has 0 unspecified atom stereocenters. The first-order valence-corrected chi connectivity index (χ1v) is 6.87. The SMILES string of the molecule is CSc1ccc(Nc2ccc(C#N)c(C)c2)cc1. The van der Waals surface area contributed by atoms with Crippen LogP contribution in [0.25, 0.3) is 0 Å². The fourth-order valence-corrected chi connectivity index (χ4v) is 2.12. The summed E-state index contributed by atoms with van der Waals surface area (Å²) in [5.41, 5.74) is 3.77. The molecule has 2 rings (SSSR count). The summed E-state index contributed by atoms with van der Waals surface area (Å²) in [6.45, 7) is 1.94. The van der Waals surface area contributed by atoms with Gasteiger partial charge in [0.1, 0.15) is 0 Å². The van der Waals surface area contributed by atoms with Gasteiger partial charge in [0.05, 0.1) is 11.6 Å². The van der Waals surface area contributed by atoms with Crippen LogP contribution in [0, 0.1) is 18.3 Å². The third-order valence-corrected chi connectivity index (χ3v) is 3.47. The van der Waals surface area contributed by atoms with Crippen LogP contribution in [0.3, 0.4) is 0 Å². The van der Waals surface area contributed by atoms with Crippen molar-refractivity contribution in [3.8, 4) is 6.07 Å². The molecule has 3 heteroatoms. The van der Waals surface area contributed by atoms with E-state index in [9.17, 15) is 0 Å². The molecular formula is C15H14N2S. The molecule has 0 radical (unpaired) electrons. The number of nitrogens with zero attached hydrogens (tertiary/aromatic N) is 1. The topological polar surface area (TPSA) is 35.8 Å². The summed E-state index contributed by atoms with van der Waals surface area (Å²) < 4.78 is 0. The summed E-state index contributed by atoms with van der Waals surface area (Å²) in [6.07, 6.45) is 2.06. The molecule has 2 aromatic rings. The van der Waals surface area contributed by atoms with Gasteiger partial charge in [-0.15, -0.1) is 11.8 Å². The molecule has 18 heavy (non-hydrogen) atoms. The highest BCUT2D eigenvalue weighted by Crippen LogP contribution is 2.22. The molecule has 0 fully saturated rings. The van der Waals surface area contributed by atoms with E-state index in [4.69, 9.17) is 5.26 Å². The van der Waals surface area contributed by atoms with Crippen LogP contribution in [0.15, 0.2) is 47.4 Å². The lowest BCUT2D eigenvalue weighted by atomic mass is 10.1. The first-order chi connectivity index (χ1) is 8.72. The molecule has 0 amide bonds. The third-order valence-electron chi connectivity index (χ3n) is 2.73. The Morgan fingerprint density at radius 2 is 1.72 bits per heavy atom. The average molecular weight is 254 g/mol. The Morgan fingerprint density at radius 1 is 1.06 bits per heavy atom. The van der Waals surface area contributed by atoms with Crippen LogP contribution in [0.4, 0.5) is 11.4 Å². The largest absolute Gasteiger partial charge is 0.356 e. The Labute approximate surface area is 112 Å². The lowest BCUT2D eigenvalue weighted by molar-refractivity contribution is 1.38. The summed E-state index contributed by atoms with van der Waals surface area (Å²) in [5, 5.41) is 12.2. The molecule has 0 aliphatic rings. The molecule has 1 N–H and O–H groups in total. The predicted molar refractivity (Wildman–Crippen MR) is 77.4 cm³/mol. The zero-order chi connectivity index (χ0) is 13.0. The second-order valence-corrected chi connectivity index (χ2v) is 4.87. The predicted octanol–water partition coefficient (Wildman–Crippen LogP) is 4.33. The molecule has 0 atom stereocenters. The van der Waals surface area contributed by atoms with Crippen LogP contribution < -0.4 is 5.32 Å². The van der Waals surface area contributed by atoms with Crippen LogP contribution in [-0.2, 0) is 0 Å². The number of hydrogen-bond acceptors (Lipinski definition) is 3. The van der Waals surface area contributed by atoms with Crippen molar-refractivity contribution >= 4 is 23.1 Å². The van der Waals surface area contributed by atoms with E-state index in [0.29, 0.717) is 0 Å². The highest BCUT2D eigenvalue weighted by atomic mass is 32.2. The lowest BCUT2D eigenvalue weighted by Crippen LogP contribution is -1.92. The van der Waals surface area contributed by atoms with Crippen molar-refractivity contribution in [3.05, 3.63) is 53.6 Å². The monoisotopic (exact) mass is 254 g/mol. The van der Waals surface area contributed by atoms with Gasteiger partial charge in [0, 0.05) is 16.3 Å². The maximum Gasteiger partial charge on any atom is 0.0994 e. The average Bonchev–Trinajstić information content (AvgIpc) is 2.40. The summed E-state index contributed by atoms with van der Waals surface area (Å²) in [4.78, 5) is 1.25. The zero-order valence-electron chi connectivity index (χ0n) is 10.4. The minimum Gasteiger partial charge on any atom is -0.356 e. The van der Waals surface area contributed by atoms with E-state index in [2.05, 4.69) is 41.9 Å². The highest BCUT2D eigenvalue weighted by Gasteiger charge is 2.00. The van der Waals surface area contributed by atoms with Crippen molar-refractivity contribution < 1.29 is 0 Å². The maximum absolute atomic E-state index is 8.88. The van der Waals surface area contributed by atoms with Gasteiger partial charge < -0.3 is 5.32 Å². The summed E-state index contributed by atoms with van der Waals surface area (Å²) in [6, 6.07) is 16.2. The number of nitriles is 1. The number of anilines is 2. The van der Waals surface area contributed by atoms with Crippen molar-refractivity contribution in [1.82, 2.24) is 0 Å². The van der Waals surface area contributed by atoms with E-state index in [0.717, 1.165) is 22.5 Å². The standard InChI is InChI=1S/C15H14N2S/c1-11-9-14(4-3-12(11)10-16)17-13-5-7-15(18-2)8-6-13/h3-9,17H,1-2H3. The number of thioether (sulfide) groups is 1. The molecule has 2 nitrogen and oxygen atoms in total. The van der Waals surface area contributed by atoms with Crippen molar-refractivity contribution in [1.29, 1.82) is 5.26 Å². The highest BCUT2D eigenvalue weighted by molar-refractivity contribution is 7.98. The number of aryl methyl sites for hydroxylation is 1. The zero-order valence-corrected chi connectivity index (χ0v) is 11.2. The maximum atomic E-state index is 8.88. The van der Waals surface area contributed by atoms with Crippen molar-refractivity contribution in [2.45, 2.75) is 11.8 Å². The Morgan fingerprint density at radius 3 is 2.28 bits per heavy atom. The normalized spacial score (nSPS) is 9.83. The van der Waals surface area contributed by atoms with Crippen LogP contribution in [0.2, 0.25) is 0 Å². The Kier molecular flexibility index (Phi) is 3.91. The number of hydrogen-bond donors (Lipinski definition) is 1. The minimum atomic E-state index is 0.721. The van der Waals surface area contributed by atoms with Gasteiger partial charge in [-0.25, -0.2) is 0 Å². The summed E-state index contributed by atoms with van der Waals surface area (Å²) >= 11 is 1.73. The van der Waals surface area contributed by atoms with Gasteiger partial charge >= 0.3 is 0 Å². The summed E-state index contributed by atoms with van der Waals surface area (Å²) in [7, 11) is 0. The van der Waals surface area contributed by atoms with Gasteiger partial charge in [-0.3, -0.25) is 0 Å². The molecule has 0 saturated carbocycles. The fraction of sp³-hybridized carbons (Fsp3) is 0.133. The molecule has 0 spiro atoms. The van der Waals surface area contributed by atoms with E-state index < -0.39 is 0 Å². The molecule has 0 aromatic heterocycles. The molecule has 0 heterocycles. The second kappa shape index (κ2) is 5.61. The van der Waals surface area contributed by atoms with Gasteiger partial charge in [0.15, 0.2) is 0 Å². The molecule has 0 saturated heterocycles. The van der Waals surface area contributed by atoms with Crippen LogP contribution >= 0.6 is 11.8 Å². The van der Waals surface area contributed by atoms with Crippen molar-refractivity contribution in [3.63, 3.8) is 0 Å². The van der Waals surface area contributed by atoms with Crippen molar-refractivity contribution in [2.24, 2.45) is 0 Å². The molecule has 0 bridgehead atoms. The Hall–Kier alpha value is -1.92. The van der Waals surface area contributed by atoms with E-state index in [1.807, 2.05) is 25.1 Å². The number of benzene rings is 2. The Balaban J connectivity index is 2.18. The smallest absolute Gasteiger partial charge is 0.0994 e. The first kappa shape index (κ1) is 12.5. The molecule has 0 aliphatic carbocycles. The summed E-state index contributed by atoms with van der Waals surface area (Å²) in [5.74, 6) is 0. The van der Waals surface area contributed by atoms with Gasteiger partial charge in [0.25, 0.3) is 0 Å². The number of nitrogens with one attached hydrogen (secondary N) is 1. The quantitative estimate of drug-likeness (QED) is 0.828. The number of rotatable bonds is 3. The molecule has 2 aromatic carbocycles. The first-order valence-electron chi connectivity index (χ1n) is 5.65. The van der Waals surface area contributed by atoms with E-state index in [1.165, 1.54) is 4.90 Å². The van der Waals surface area contributed by atoms with Crippen molar-refractivity contribution in [2.75, 3.05) is 11.6 Å². The Bertz CT molecular complexity index is 582. The van der Waals surface area contributed by atoms with Gasteiger partial charge in [-0.1, -0.05) is 0 Å². The van der Waals surface area contributed by atoms with Gasteiger partial charge in [-0.05, 0) is 61.2 Å².